The molecular formula is C13H14N2O2. The molecule has 4 heteroatoms. The number of aryl methyl sites for hydroxylation is 1. The van der Waals surface area contributed by atoms with Gasteiger partial charge in [-0.15, -0.1) is 10.2 Å². The number of aromatic nitrogens is 2. The van der Waals surface area contributed by atoms with Crippen LogP contribution in [0.3, 0.4) is 0 Å². The highest BCUT2D eigenvalue weighted by Gasteiger charge is 2.23. The van der Waals surface area contributed by atoms with Gasteiger partial charge in [-0.1, -0.05) is 17.7 Å². The first kappa shape index (κ1) is 10.5. The van der Waals surface area contributed by atoms with E-state index in [1.807, 2.05) is 24.3 Å². The number of rotatable bonds is 2. The molecular weight excluding hydrogens is 216 g/mol. The fraction of sp³-hybridized carbons (Fsp3) is 0.385. The molecule has 88 valence electrons. The molecule has 17 heavy (non-hydrogen) atoms. The van der Waals surface area contributed by atoms with Crippen molar-refractivity contribution in [3.05, 3.63) is 35.7 Å². The zero-order valence-electron chi connectivity index (χ0n) is 9.72. The highest BCUT2D eigenvalue weighted by Crippen LogP contribution is 2.26. The van der Waals surface area contributed by atoms with Gasteiger partial charge in [0.15, 0.2) is 0 Å². The van der Waals surface area contributed by atoms with Crippen molar-refractivity contribution in [1.82, 2.24) is 10.2 Å². The molecule has 0 saturated carbocycles. The normalized spacial score (nSPS) is 19.7. The monoisotopic (exact) mass is 230 g/mol. The van der Waals surface area contributed by atoms with E-state index in [1.54, 1.807) is 0 Å². The number of nitrogens with zero attached hydrogens (tertiary/aromatic N) is 2. The fourth-order valence-electron chi connectivity index (χ4n) is 1.94. The molecule has 0 radical (unpaired) electrons. The Morgan fingerprint density at radius 2 is 2.00 bits per heavy atom. The first-order valence-corrected chi connectivity index (χ1v) is 5.81. The van der Waals surface area contributed by atoms with Crippen LogP contribution in [0, 0.1) is 6.92 Å². The summed E-state index contributed by atoms with van der Waals surface area (Å²) in [5, 5.41) is 8.19. The van der Waals surface area contributed by atoms with E-state index in [4.69, 9.17) is 9.15 Å². The van der Waals surface area contributed by atoms with Crippen LogP contribution >= 0.6 is 0 Å². The highest BCUT2D eigenvalue weighted by atomic mass is 16.5. The van der Waals surface area contributed by atoms with Gasteiger partial charge in [-0.05, 0) is 25.5 Å². The molecule has 1 fully saturated rings. The minimum absolute atomic E-state index is 0.265. The third kappa shape index (κ3) is 2.08. The Morgan fingerprint density at radius 3 is 2.71 bits per heavy atom. The van der Waals surface area contributed by atoms with Crippen molar-refractivity contribution in [3.8, 4) is 11.5 Å². The Balaban J connectivity index is 1.86. The predicted octanol–water partition coefficient (Wildman–Crippen LogP) is 2.55. The standard InChI is InChI=1S/C13H14N2O2/c1-9-2-4-10(5-3-9)12-14-15-13(17-12)11-6-7-16-8-11/h2-5,11H,6-8H2,1H3. The minimum atomic E-state index is 0.265. The van der Waals surface area contributed by atoms with Gasteiger partial charge in [0.1, 0.15) is 0 Å². The second kappa shape index (κ2) is 4.30. The summed E-state index contributed by atoms with van der Waals surface area (Å²) in [5.74, 6) is 1.55. The van der Waals surface area contributed by atoms with Gasteiger partial charge in [0.05, 0.1) is 12.5 Å². The Morgan fingerprint density at radius 1 is 1.18 bits per heavy atom. The lowest BCUT2D eigenvalue weighted by Gasteiger charge is -1.99. The molecule has 0 amide bonds. The first-order valence-electron chi connectivity index (χ1n) is 5.81. The molecule has 1 aliphatic heterocycles. The third-order valence-corrected chi connectivity index (χ3v) is 3.02. The van der Waals surface area contributed by atoms with E-state index in [0.717, 1.165) is 18.6 Å². The van der Waals surface area contributed by atoms with E-state index in [0.29, 0.717) is 18.4 Å². The van der Waals surface area contributed by atoms with Gasteiger partial charge in [0.2, 0.25) is 11.8 Å². The maximum absolute atomic E-state index is 5.69. The van der Waals surface area contributed by atoms with E-state index in [9.17, 15) is 0 Å². The van der Waals surface area contributed by atoms with E-state index in [2.05, 4.69) is 17.1 Å². The smallest absolute Gasteiger partial charge is 0.247 e. The van der Waals surface area contributed by atoms with Crippen LogP contribution < -0.4 is 0 Å². The quantitative estimate of drug-likeness (QED) is 0.795. The van der Waals surface area contributed by atoms with E-state index >= 15 is 0 Å². The van der Waals surface area contributed by atoms with Gasteiger partial charge in [-0.25, -0.2) is 0 Å². The van der Waals surface area contributed by atoms with Gasteiger partial charge < -0.3 is 9.15 Å². The van der Waals surface area contributed by atoms with Crippen molar-refractivity contribution in [3.63, 3.8) is 0 Å². The van der Waals surface area contributed by atoms with Crippen LogP contribution in [0.25, 0.3) is 11.5 Å². The summed E-state index contributed by atoms with van der Waals surface area (Å²) < 4.78 is 11.0. The van der Waals surface area contributed by atoms with E-state index < -0.39 is 0 Å². The maximum Gasteiger partial charge on any atom is 0.247 e. The van der Waals surface area contributed by atoms with Crippen LogP contribution in [0.1, 0.15) is 23.8 Å². The molecule has 1 unspecified atom stereocenters. The van der Waals surface area contributed by atoms with E-state index in [-0.39, 0.29) is 5.92 Å². The Kier molecular flexibility index (Phi) is 2.65. The second-order valence-electron chi connectivity index (χ2n) is 4.37. The molecule has 1 saturated heterocycles. The molecule has 2 heterocycles. The summed E-state index contributed by atoms with van der Waals surface area (Å²) in [6.07, 6.45) is 0.968. The van der Waals surface area contributed by atoms with Crippen molar-refractivity contribution in [2.45, 2.75) is 19.3 Å². The Bertz CT molecular complexity index is 498. The van der Waals surface area contributed by atoms with Gasteiger partial charge in [0.25, 0.3) is 0 Å². The van der Waals surface area contributed by atoms with Crippen molar-refractivity contribution >= 4 is 0 Å². The molecule has 1 atom stereocenters. The van der Waals surface area contributed by atoms with Gasteiger partial charge in [-0.3, -0.25) is 0 Å². The molecule has 1 aromatic carbocycles. The summed E-state index contributed by atoms with van der Waals surface area (Å²) in [4.78, 5) is 0. The zero-order valence-corrected chi connectivity index (χ0v) is 9.72. The van der Waals surface area contributed by atoms with Crippen LogP contribution in [0.2, 0.25) is 0 Å². The van der Waals surface area contributed by atoms with Crippen LogP contribution in [-0.4, -0.2) is 23.4 Å². The highest BCUT2D eigenvalue weighted by molar-refractivity contribution is 5.52. The van der Waals surface area contributed by atoms with Crippen LogP contribution in [0.5, 0.6) is 0 Å². The molecule has 0 aliphatic carbocycles. The maximum atomic E-state index is 5.69. The summed E-state index contributed by atoms with van der Waals surface area (Å²) in [6, 6.07) is 8.07. The SMILES string of the molecule is Cc1ccc(-c2nnc(C3CCOC3)o2)cc1. The van der Waals surface area contributed by atoms with Crippen molar-refractivity contribution in [2.24, 2.45) is 0 Å². The van der Waals surface area contributed by atoms with Gasteiger partial charge in [-0.2, -0.15) is 0 Å². The number of hydrogen-bond donors (Lipinski definition) is 0. The Labute approximate surface area is 99.6 Å². The number of hydrogen-bond acceptors (Lipinski definition) is 4. The fourth-order valence-corrected chi connectivity index (χ4v) is 1.94. The summed E-state index contributed by atoms with van der Waals surface area (Å²) in [6.45, 7) is 3.53. The number of benzene rings is 1. The zero-order chi connectivity index (χ0) is 11.7. The predicted molar refractivity (Wildman–Crippen MR) is 62.6 cm³/mol. The molecule has 1 aliphatic rings. The topological polar surface area (TPSA) is 48.2 Å². The minimum Gasteiger partial charge on any atom is -0.420 e. The molecule has 3 rings (SSSR count). The van der Waals surface area contributed by atoms with Gasteiger partial charge in [0, 0.05) is 12.2 Å². The lowest BCUT2D eigenvalue weighted by molar-refractivity contribution is 0.191. The van der Waals surface area contributed by atoms with Crippen LogP contribution in [0.15, 0.2) is 28.7 Å². The molecule has 1 aromatic heterocycles. The molecule has 4 nitrogen and oxygen atoms in total. The number of ether oxygens (including phenoxy) is 1. The largest absolute Gasteiger partial charge is 0.420 e. The average Bonchev–Trinajstić information content (AvgIpc) is 3.00. The first-order chi connectivity index (χ1) is 8.33. The van der Waals surface area contributed by atoms with Crippen LogP contribution in [-0.2, 0) is 4.74 Å². The lowest BCUT2D eigenvalue weighted by atomic mass is 10.1. The van der Waals surface area contributed by atoms with Crippen molar-refractivity contribution in [2.75, 3.05) is 13.2 Å². The molecule has 0 N–H and O–H groups in total. The van der Waals surface area contributed by atoms with Gasteiger partial charge >= 0.3 is 0 Å². The lowest BCUT2D eigenvalue weighted by Crippen LogP contribution is -1.97. The third-order valence-electron chi connectivity index (χ3n) is 3.02. The molecule has 2 aromatic rings. The average molecular weight is 230 g/mol. The van der Waals surface area contributed by atoms with E-state index in [1.165, 1.54) is 5.56 Å². The summed E-state index contributed by atoms with van der Waals surface area (Å²) in [7, 11) is 0. The molecule has 0 spiro atoms. The summed E-state index contributed by atoms with van der Waals surface area (Å²) in [5.41, 5.74) is 2.19. The summed E-state index contributed by atoms with van der Waals surface area (Å²) >= 11 is 0. The second-order valence-corrected chi connectivity index (χ2v) is 4.37. The van der Waals surface area contributed by atoms with Crippen LogP contribution in [0.4, 0.5) is 0 Å². The Hall–Kier alpha value is -1.68. The van der Waals surface area contributed by atoms with Crippen molar-refractivity contribution in [1.29, 1.82) is 0 Å². The molecule has 0 bridgehead atoms. The van der Waals surface area contributed by atoms with Crippen molar-refractivity contribution < 1.29 is 9.15 Å².